The van der Waals surface area contributed by atoms with Crippen molar-refractivity contribution in [2.45, 2.75) is 0 Å². The predicted molar refractivity (Wildman–Crippen MR) is 113 cm³/mol. The molecule has 4 aromatic carbocycles. The van der Waals surface area contributed by atoms with E-state index in [0.717, 1.165) is 10.8 Å². The maximum atomic E-state index is 11.4. The van der Waals surface area contributed by atoms with Gasteiger partial charge in [0.1, 0.15) is 22.7 Å². The van der Waals surface area contributed by atoms with E-state index in [2.05, 4.69) is 4.99 Å². The van der Waals surface area contributed by atoms with E-state index < -0.39 is 5.97 Å². The van der Waals surface area contributed by atoms with Gasteiger partial charge in [-0.15, -0.1) is 0 Å². The van der Waals surface area contributed by atoms with E-state index in [9.17, 15) is 15.0 Å². The van der Waals surface area contributed by atoms with Gasteiger partial charge in [0.05, 0.1) is 0 Å². The average molecular weight is 383 g/mol. The molecule has 0 aromatic heterocycles. The lowest BCUT2D eigenvalue weighted by Gasteiger charge is -2.10. The number of carboxylic acid groups (broad SMARTS) is 1. The molecule has 2 N–H and O–H groups in total. The van der Waals surface area contributed by atoms with E-state index in [4.69, 9.17) is 4.74 Å². The van der Waals surface area contributed by atoms with Gasteiger partial charge in [0.15, 0.2) is 5.75 Å². The standard InChI is InChI=1S/C24H17NO4/c26-21-14-13-16-7-1-2-8-17(16)19(21)15-25-20-10-4-6-12-23(20)29-22-11-5-3-9-18(22)24(27)28/h1-15,26H,(H,27,28). The highest BCUT2D eigenvalue weighted by molar-refractivity contribution is 6.03. The van der Waals surface area contributed by atoms with Crippen LogP contribution >= 0.6 is 0 Å². The van der Waals surface area contributed by atoms with Gasteiger partial charge < -0.3 is 14.9 Å². The first-order valence-corrected chi connectivity index (χ1v) is 8.97. The monoisotopic (exact) mass is 383 g/mol. The number of para-hydroxylation sites is 3. The molecule has 0 amide bonds. The normalized spacial score (nSPS) is 11.0. The van der Waals surface area contributed by atoms with Crippen LogP contribution in [-0.2, 0) is 0 Å². The Labute approximate surface area is 167 Å². The summed E-state index contributed by atoms with van der Waals surface area (Å²) >= 11 is 0. The van der Waals surface area contributed by atoms with Crippen LogP contribution in [0.5, 0.6) is 17.2 Å². The number of benzene rings is 4. The number of phenolic OH excluding ortho intramolecular Hbond substituents is 1. The Bertz CT molecular complexity index is 1230. The maximum absolute atomic E-state index is 11.4. The molecular weight excluding hydrogens is 366 g/mol. The fourth-order valence-electron chi connectivity index (χ4n) is 3.05. The number of nitrogens with zero attached hydrogens (tertiary/aromatic N) is 1. The van der Waals surface area contributed by atoms with Gasteiger partial charge in [0, 0.05) is 11.8 Å². The Morgan fingerprint density at radius 2 is 1.52 bits per heavy atom. The highest BCUT2D eigenvalue weighted by atomic mass is 16.5. The fourth-order valence-corrected chi connectivity index (χ4v) is 3.05. The minimum absolute atomic E-state index is 0.0676. The molecule has 5 nitrogen and oxygen atoms in total. The van der Waals surface area contributed by atoms with Crippen LogP contribution in [0.1, 0.15) is 15.9 Å². The Hall–Kier alpha value is -4.12. The van der Waals surface area contributed by atoms with Crippen LogP contribution < -0.4 is 4.74 Å². The summed E-state index contributed by atoms with van der Waals surface area (Å²) in [6.07, 6.45) is 1.59. The second kappa shape index (κ2) is 7.86. The Kier molecular flexibility index (Phi) is 4.95. The van der Waals surface area contributed by atoms with E-state index in [0.29, 0.717) is 17.0 Å². The second-order valence-electron chi connectivity index (χ2n) is 6.35. The summed E-state index contributed by atoms with van der Waals surface area (Å²) in [6, 6.07) is 24.7. The van der Waals surface area contributed by atoms with Crippen LogP contribution in [0.25, 0.3) is 10.8 Å². The number of rotatable bonds is 5. The Balaban J connectivity index is 1.72. The third-order valence-corrected chi connectivity index (χ3v) is 4.48. The summed E-state index contributed by atoms with van der Waals surface area (Å²) < 4.78 is 5.85. The molecule has 0 spiro atoms. The lowest BCUT2D eigenvalue weighted by molar-refractivity contribution is 0.0694. The van der Waals surface area contributed by atoms with Crippen molar-refractivity contribution in [3.8, 4) is 17.2 Å². The minimum atomic E-state index is -1.07. The molecule has 142 valence electrons. The summed E-state index contributed by atoms with van der Waals surface area (Å²) in [4.78, 5) is 15.9. The van der Waals surface area contributed by atoms with E-state index in [1.807, 2.05) is 36.4 Å². The topological polar surface area (TPSA) is 79.1 Å². The van der Waals surface area contributed by atoms with Gasteiger partial charge in [-0.2, -0.15) is 0 Å². The van der Waals surface area contributed by atoms with Crippen molar-refractivity contribution in [1.29, 1.82) is 0 Å². The van der Waals surface area contributed by atoms with Crippen molar-refractivity contribution in [3.05, 3.63) is 96.1 Å². The largest absolute Gasteiger partial charge is 0.507 e. The highest BCUT2D eigenvalue weighted by Gasteiger charge is 2.13. The number of carbonyl (C=O) groups is 1. The zero-order valence-corrected chi connectivity index (χ0v) is 15.3. The molecule has 0 bridgehead atoms. The van der Waals surface area contributed by atoms with E-state index in [-0.39, 0.29) is 17.1 Å². The molecule has 0 saturated carbocycles. The van der Waals surface area contributed by atoms with Gasteiger partial charge in [-0.1, -0.05) is 54.6 Å². The summed E-state index contributed by atoms with van der Waals surface area (Å²) in [6.45, 7) is 0. The summed E-state index contributed by atoms with van der Waals surface area (Å²) in [5.41, 5.74) is 1.18. The summed E-state index contributed by atoms with van der Waals surface area (Å²) in [7, 11) is 0. The van der Waals surface area contributed by atoms with Crippen LogP contribution in [0.2, 0.25) is 0 Å². The molecule has 5 heteroatoms. The molecule has 0 atom stereocenters. The Morgan fingerprint density at radius 1 is 0.828 bits per heavy atom. The number of aliphatic imine (C=N–C) groups is 1. The number of aromatic hydroxyl groups is 1. The lowest BCUT2D eigenvalue weighted by atomic mass is 10.0. The quantitative estimate of drug-likeness (QED) is 0.428. The first kappa shape index (κ1) is 18.3. The number of phenols is 1. The van der Waals surface area contributed by atoms with Crippen molar-refractivity contribution in [1.82, 2.24) is 0 Å². The molecule has 0 aliphatic heterocycles. The molecular formula is C24H17NO4. The van der Waals surface area contributed by atoms with Crippen molar-refractivity contribution >= 4 is 28.6 Å². The molecule has 29 heavy (non-hydrogen) atoms. The smallest absolute Gasteiger partial charge is 0.339 e. The summed E-state index contributed by atoms with van der Waals surface area (Å²) in [5, 5.41) is 21.5. The first-order valence-electron chi connectivity index (χ1n) is 8.97. The average Bonchev–Trinajstić information content (AvgIpc) is 2.74. The van der Waals surface area contributed by atoms with Gasteiger partial charge >= 0.3 is 5.97 Å². The van der Waals surface area contributed by atoms with E-state index >= 15 is 0 Å². The van der Waals surface area contributed by atoms with Crippen molar-refractivity contribution < 1.29 is 19.7 Å². The lowest BCUT2D eigenvalue weighted by Crippen LogP contribution is -1.99. The Morgan fingerprint density at radius 3 is 2.34 bits per heavy atom. The summed E-state index contributed by atoms with van der Waals surface area (Å²) in [5.74, 6) is -0.294. The van der Waals surface area contributed by atoms with Gasteiger partial charge in [-0.05, 0) is 41.1 Å². The third kappa shape index (κ3) is 3.80. The zero-order valence-electron chi connectivity index (χ0n) is 15.3. The molecule has 0 unspecified atom stereocenters. The van der Waals surface area contributed by atoms with Crippen molar-refractivity contribution in [3.63, 3.8) is 0 Å². The SMILES string of the molecule is O=C(O)c1ccccc1Oc1ccccc1N=Cc1c(O)ccc2ccccc12. The number of carboxylic acids is 1. The van der Waals surface area contributed by atoms with Crippen LogP contribution in [0, 0.1) is 0 Å². The first-order chi connectivity index (χ1) is 14.1. The zero-order chi connectivity index (χ0) is 20.2. The molecule has 0 radical (unpaired) electrons. The molecule has 4 aromatic rings. The molecule has 0 aliphatic rings. The number of aromatic carboxylic acids is 1. The second-order valence-corrected chi connectivity index (χ2v) is 6.35. The maximum Gasteiger partial charge on any atom is 0.339 e. The highest BCUT2D eigenvalue weighted by Crippen LogP contribution is 2.34. The number of ether oxygens (including phenoxy) is 1. The fraction of sp³-hybridized carbons (Fsp3) is 0. The molecule has 0 fully saturated rings. The van der Waals surface area contributed by atoms with Gasteiger partial charge in [0.2, 0.25) is 0 Å². The molecule has 0 aliphatic carbocycles. The molecule has 4 rings (SSSR count). The van der Waals surface area contributed by atoms with Gasteiger partial charge in [-0.25, -0.2) is 4.79 Å². The van der Waals surface area contributed by atoms with Gasteiger partial charge in [0.25, 0.3) is 0 Å². The van der Waals surface area contributed by atoms with Crippen LogP contribution in [0.3, 0.4) is 0 Å². The van der Waals surface area contributed by atoms with Crippen molar-refractivity contribution in [2.24, 2.45) is 4.99 Å². The van der Waals surface area contributed by atoms with E-state index in [1.165, 1.54) is 6.07 Å². The van der Waals surface area contributed by atoms with Crippen LogP contribution in [0.15, 0.2) is 89.9 Å². The van der Waals surface area contributed by atoms with Crippen molar-refractivity contribution in [2.75, 3.05) is 0 Å². The predicted octanol–water partition coefficient (Wildman–Crippen LogP) is 5.79. The van der Waals surface area contributed by atoms with Crippen LogP contribution in [-0.4, -0.2) is 22.4 Å². The van der Waals surface area contributed by atoms with Crippen LogP contribution in [0.4, 0.5) is 5.69 Å². The van der Waals surface area contributed by atoms with E-state index in [1.54, 1.807) is 48.7 Å². The minimum Gasteiger partial charge on any atom is -0.507 e. The molecule has 0 heterocycles. The number of hydrogen-bond donors (Lipinski definition) is 2. The number of hydrogen-bond acceptors (Lipinski definition) is 4. The third-order valence-electron chi connectivity index (χ3n) is 4.48. The number of fused-ring (bicyclic) bond motifs is 1. The van der Waals surface area contributed by atoms with Gasteiger partial charge in [-0.3, -0.25) is 4.99 Å². The molecule has 0 saturated heterocycles.